The molecular weight excluding hydrogens is 429 g/mol. The first-order chi connectivity index (χ1) is 15.2. The number of nitrogens with one attached hydrogen (secondary N) is 1. The smallest absolute Gasteiger partial charge is 0.480 e. The molecule has 4 rings (SSSR count). The van der Waals surface area contributed by atoms with E-state index in [2.05, 4.69) is 30.3 Å². The molecule has 12 heteroatoms. The average Bonchev–Trinajstić information content (AvgIpc) is 3.08. The molecular formula is C20H15F3N6O3. The highest BCUT2D eigenvalue weighted by Gasteiger charge is 2.31. The van der Waals surface area contributed by atoms with Crippen LogP contribution in [0, 0.1) is 6.92 Å². The summed E-state index contributed by atoms with van der Waals surface area (Å²) in [5, 5.41) is 14.6. The number of aromatic nitrogens is 5. The molecule has 0 unspecified atom stereocenters. The maximum Gasteiger partial charge on any atom is 0.573 e. The fraction of sp³-hybridized carbons (Fsp3) is 0.150. The Labute approximate surface area is 178 Å². The minimum absolute atomic E-state index is 0.141. The lowest BCUT2D eigenvalue weighted by Gasteiger charge is -2.10. The van der Waals surface area contributed by atoms with Gasteiger partial charge < -0.3 is 14.8 Å². The van der Waals surface area contributed by atoms with Crippen molar-refractivity contribution in [2.45, 2.75) is 13.3 Å². The van der Waals surface area contributed by atoms with Crippen molar-refractivity contribution in [2.75, 3.05) is 12.4 Å². The van der Waals surface area contributed by atoms with E-state index >= 15 is 0 Å². The van der Waals surface area contributed by atoms with Gasteiger partial charge in [-0.1, -0.05) is 12.1 Å². The number of ether oxygens (including phenoxy) is 2. The number of methoxy groups -OCH3 is 1. The maximum absolute atomic E-state index is 12.9. The van der Waals surface area contributed by atoms with Crippen LogP contribution in [0.15, 0.2) is 48.5 Å². The second-order valence-electron chi connectivity index (χ2n) is 6.53. The van der Waals surface area contributed by atoms with E-state index in [1.54, 1.807) is 25.1 Å². The minimum atomic E-state index is -4.81. The lowest BCUT2D eigenvalue weighted by atomic mass is 10.1. The first-order valence-corrected chi connectivity index (χ1v) is 9.15. The molecule has 0 radical (unpaired) electrons. The highest BCUT2D eigenvalue weighted by atomic mass is 19.4. The SMILES string of the molecule is COc1ccc(NC(=O)c2c(C)nc3ccc(-c4cccc(OC(F)(F)F)c4)nn23)nn1. The molecule has 0 saturated carbocycles. The van der Waals surface area contributed by atoms with Crippen molar-refractivity contribution in [3.63, 3.8) is 0 Å². The number of nitrogens with zero attached hydrogens (tertiary/aromatic N) is 5. The number of anilines is 1. The van der Waals surface area contributed by atoms with E-state index in [9.17, 15) is 18.0 Å². The van der Waals surface area contributed by atoms with Gasteiger partial charge in [0.1, 0.15) is 5.75 Å². The Bertz CT molecular complexity index is 1290. The van der Waals surface area contributed by atoms with Gasteiger partial charge in [-0.3, -0.25) is 4.79 Å². The number of hydrogen-bond donors (Lipinski definition) is 1. The van der Waals surface area contributed by atoms with Crippen molar-refractivity contribution < 1.29 is 27.4 Å². The maximum atomic E-state index is 12.9. The fourth-order valence-corrected chi connectivity index (χ4v) is 2.98. The Morgan fingerprint density at radius 3 is 2.59 bits per heavy atom. The van der Waals surface area contributed by atoms with Gasteiger partial charge in [-0.05, 0) is 37.3 Å². The Hall–Kier alpha value is -4.22. The molecule has 0 aliphatic heterocycles. The Kier molecular flexibility index (Phi) is 5.34. The minimum Gasteiger partial charge on any atom is -0.480 e. The number of carbonyl (C=O) groups excluding carboxylic acids is 1. The van der Waals surface area contributed by atoms with E-state index in [1.807, 2.05) is 0 Å². The normalized spacial score (nSPS) is 11.4. The molecule has 32 heavy (non-hydrogen) atoms. The third kappa shape index (κ3) is 4.43. The number of amides is 1. The van der Waals surface area contributed by atoms with E-state index in [4.69, 9.17) is 4.74 Å². The van der Waals surface area contributed by atoms with Crippen LogP contribution >= 0.6 is 0 Å². The van der Waals surface area contributed by atoms with E-state index in [0.29, 0.717) is 22.6 Å². The van der Waals surface area contributed by atoms with Gasteiger partial charge in [-0.15, -0.1) is 23.4 Å². The van der Waals surface area contributed by atoms with Gasteiger partial charge in [0.15, 0.2) is 17.2 Å². The zero-order valence-corrected chi connectivity index (χ0v) is 16.7. The van der Waals surface area contributed by atoms with Crippen LogP contribution in [0.5, 0.6) is 11.6 Å². The van der Waals surface area contributed by atoms with Crippen molar-refractivity contribution in [1.29, 1.82) is 0 Å². The number of alkyl halides is 3. The quantitative estimate of drug-likeness (QED) is 0.501. The first kappa shape index (κ1) is 21.0. The van der Waals surface area contributed by atoms with E-state index in [-0.39, 0.29) is 23.1 Å². The Morgan fingerprint density at radius 2 is 1.91 bits per heavy atom. The molecule has 0 aliphatic rings. The van der Waals surface area contributed by atoms with Gasteiger partial charge in [0.25, 0.3) is 5.91 Å². The molecule has 1 amide bonds. The van der Waals surface area contributed by atoms with Crippen LogP contribution in [-0.2, 0) is 0 Å². The molecule has 0 saturated heterocycles. The summed E-state index contributed by atoms with van der Waals surface area (Å²) >= 11 is 0. The molecule has 1 N–H and O–H groups in total. The molecule has 1 aromatic carbocycles. The molecule has 0 aliphatic carbocycles. The number of halogens is 3. The second-order valence-corrected chi connectivity index (χ2v) is 6.53. The summed E-state index contributed by atoms with van der Waals surface area (Å²) < 4.78 is 47.8. The van der Waals surface area contributed by atoms with Gasteiger partial charge >= 0.3 is 6.36 Å². The summed E-state index contributed by atoms with van der Waals surface area (Å²) in [6.07, 6.45) is -4.81. The van der Waals surface area contributed by atoms with Crippen LogP contribution in [-0.4, -0.2) is 44.2 Å². The standard InChI is InChI=1S/C20H15F3N6O3/c1-11-18(19(30)25-15-7-9-17(31-2)27-26-15)29-16(24-11)8-6-14(28-29)12-4-3-5-13(10-12)32-20(21,22)23/h3-10H,1-2H3,(H,25,26,30). The predicted molar refractivity (Wildman–Crippen MR) is 106 cm³/mol. The van der Waals surface area contributed by atoms with Crippen LogP contribution in [0.1, 0.15) is 16.2 Å². The van der Waals surface area contributed by atoms with Crippen LogP contribution < -0.4 is 14.8 Å². The summed E-state index contributed by atoms with van der Waals surface area (Å²) in [7, 11) is 1.44. The molecule has 0 spiro atoms. The number of carbonyl (C=O) groups is 1. The largest absolute Gasteiger partial charge is 0.573 e. The van der Waals surface area contributed by atoms with Crippen molar-refractivity contribution in [2.24, 2.45) is 0 Å². The zero-order chi connectivity index (χ0) is 22.9. The number of imidazole rings is 1. The van der Waals surface area contributed by atoms with E-state index < -0.39 is 12.3 Å². The number of rotatable bonds is 5. The predicted octanol–water partition coefficient (Wildman–Crippen LogP) is 3.65. The van der Waals surface area contributed by atoms with E-state index in [1.165, 1.54) is 42.0 Å². The summed E-state index contributed by atoms with van der Waals surface area (Å²) in [6, 6.07) is 11.6. The van der Waals surface area contributed by atoms with Crippen LogP contribution in [0.4, 0.5) is 19.0 Å². The summed E-state index contributed by atoms with van der Waals surface area (Å²) in [6.45, 7) is 1.64. The molecule has 0 bridgehead atoms. The Morgan fingerprint density at radius 1 is 1.09 bits per heavy atom. The van der Waals surface area contributed by atoms with Crippen LogP contribution in [0.2, 0.25) is 0 Å². The molecule has 164 valence electrons. The van der Waals surface area contributed by atoms with E-state index in [0.717, 1.165) is 0 Å². The highest BCUT2D eigenvalue weighted by Crippen LogP contribution is 2.27. The topological polar surface area (TPSA) is 104 Å². The number of fused-ring (bicyclic) bond motifs is 1. The zero-order valence-electron chi connectivity index (χ0n) is 16.7. The summed E-state index contributed by atoms with van der Waals surface area (Å²) in [4.78, 5) is 17.2. The molecule has 4 aromatic rings. The van der Waals surface area contributed by atoms with Crippen molar-refractivity contribution >= 4 is 17.4 Å². The third-order valence-electron chi connectivity index (χ3n) is 4.32. The third-order valence-corrected chi connectivity index (χ3v) is 4.32. The van der Waals surface area contributed by atoms with Gasteiger partial charge in [0, 0.05) is 11.6 Å². The van der Waals surface area contributed by atoms with Crippen molar-refractivity contribution in [3.05, 3.63) is 59.9 Å². The van der Waals surface area contributed by atoms with Gasteiger partial charge in [0.2, 0.25) is 5.88 Å². The van der Waals surface area contributed by atoms with Gasteiger partial charge in [0.05, 0.1) is 18.5 Å². The lowest BCUT2D eigenvalue weighted by Crippen LogP contribution is -2.18. The number of aryl methyl sites for hydroxylation is 1. The van der Waals surface area contributed by atoms with Crippen molar-refractivity contribution in [1.82, 2.24) is 24.8 Å². The fourth-order valence-electron chi connectivity index (χ4n) is 2.98. The second kappa shape index (κ2) is 8.13. The lowest BCUT2D eigenvalue weighted by molar-refractivity contribution is -0.274. The van der Waals surface area contributed by atoms with Gasteiger partial charge in [-0.25, -0.2) is 9.50 Å². The van der Waals surface area contributed by atoms with Crippen LogP contribution in [0.25, 0.3) is 16.9 Å². The van der Waals surface area contributed by atoms with Crippen molar-refractivity contribution in [3.8, 4) is 22.9 Å². The highest BCUT2D eigenvalue weighted by molar-refractivity contribution is 6.03. The monoisotopic (exact) mass is 444 g/mol. The molecule has 3 heterocycles. The van der Waals surface area contributed by atoms with Gasteiger partial charge in [-0.2, -0.15) is 5.10 Å². The number of benzene rings is 1. The molecule has 9 nitrogen and oxygen atoms in total. The summed E-state index contributed by atoms with van der Waals surface area (Å²) in [5.41, 5.74) is 1.62. The first-order valence-electron chi connectivity index (χ1n) is 9.15. The molecule has 0 atom stereocenters. The van der Waals surface area contributed by atoms with Crippen LogP contribution in [0.3, 0.4) is 0 Å². The Balaban J connectivity index is 1.68. The molecule has 3 aromatic heterocycles. The molecule has 0 fully saturated rings. The summed E-state index contributed by atoms with van der Waals surface area (Å²) in [5.74, 6) is -0.432. The average molecular weight is 444 g/mol. The number of hydrogen-bond acceptors (Lipinski definition) is 7.